The van der Waals surface area contributed by atoms with Crippen molar-refractivity contribution < 1.29 is 27.6 Å². The van der Waals surface area contributed by atoms with Crippen molar-refractivity contribution in [1.29, 1.82) is 0 Å². The Morgan fingerprint density at radius 1 is 1.21 bits per heavy atom. The average molecular weight is 479 g/mol. The van der Waals surface area contributed by atoms with Crippen LogP contribution < -0.4 is 19.3 Å². The van der Waals surface area contributed by atoms with Gasteiger partial charge >= 0.3 is 0 Å². The van der Waals surface area contributed by atoms with Gasteiger partial charge in [-0.25, -0.2) is 8.42 Å². The summed E-state index contributed by atoms with van der Waals surface area (Å²) in [5.41, 5.74) is 1.51. The van der Waals surface area contributed by atoms with Gasteiger partial charge in [0, 0.05) is 37.5 Å². The van der Waals surface area contributed by atoms with Crippen molar-refractivity contribution in [3.8, 4) is 5.75 Å². The van der Waals surface area contributed by atoms with E-state index in [1.54, 1.807) is 0 Å². The van der Waals surface area contributed by atoms with Gasteiger partial charge in [-0.05, 0) is 23.8 Å². The first-order valence-electron chi connectivity index (χ1n) is 10.2. The Hall–Kier alpha value is -3.38. The van der Waals surface area contributed by atoms with E-state index in [1.165, 1.54) is 19.2 Å². The molecule has 0 aliphatic carbocycles. The average Bonchev–Trinajstić information content (AvgIpc) is 2.81. The Labute approximate surface area is 192 Å². The first kappa shape index (κ1) is 24.3. The number of rotatable bonds is 9. The molecule has 1 amide bonds. The Bertz CT molecular complexity index is 1100. The van der Waals surface area contributed by atoms with Crippen molar-refractivity contribution >= 4 is 33.0 Å². The quantitative estimate of drug-likeness (QED) is 0.424. The highest BCUT2D eigenvalue weighted by atomic mass is 32.2. The fraction of sp³-hybridized carbons (Fsp3) is 0.381. The van der Waals surface area contributed by atoms with E-state index >= 15 is 0 Å². The normalized spacial score (nSPS) is 13.9. The van der Waals surface area contributed by atoms with E-state index < -0.39 is 27.4 Å². The van der Waals surface area contributed by atoms with Crippen LogP contribution in [0, 0.1) is 10.1 Å². The third kappa shape index (κ3) is 6.33. The van der Waals surface area contributed by atoms with Crippen molar-refractivity contribution in [3.05, 3.63) is 58.1 Å². The van der Waals surface area contributed by atoms with Crippen LogP contribution in [0.25, 0.3) is 0 Å². The van der Waals surface area contributed by atoms with Gasteiger partial charge < -0.3 is 19.7 Å². The number of methoxy groups -OCH3 is 1. The molecule has 3 rings (SSSR count). The molecule has 1 aliphatic heterocycles. The van der Waals surface area contributed by atoms with Crippen LogP contribution in [-0.4, -0.2) is 65.5 Å². The second kappa shape index (κ2) is 10.5. The molecule has 0 bridgehead atoms. The summed E-state index contributed by atoms with van der Waals surface area (Å²) in [6.45, 7) is 2.65. The summed E-state index contributed by atoms with van der Waals surface area (Å²) in [7, 11) is -2.62. The molecule has 12 heteroatoms. The third-order valence-electron chi connectivity index (χ3n) is 5.13. The molecule has 1 saturated heterocycles. The molecule has 1 aliphatic rings. The van der Waals surface area contributed by atoms with Gasteiger partial charge in [0.05, 0.1) is 31.5 Å². The smallest absolute Gasteiger partial charge is 0.271 e. The topological polar surface area (TPSA) is 131 Å². The van der Waals surface area contributed by atoms with Gasteiger partial charge in [0.1, 0.15) is 18.0 Å². The number of morpholine rings is 1. The molecular weight excluding hydrogens is 452 g/mol. The number of nitrogens with zero attached hydrogens (tertiary/aromatic N) is 3. The predicted octanol–water partition coefficient (Wildman–Crippen LogP) is 1.52. The number of carbonyl (C=O) groups is 1. The number of nitro benzene ring substituents is 1. The Balaban J connectivity index is 1.69. The maximum atomic E-state index is 12.6. The zero-order valence-corrected chi connectivity index (χ0v) is 19.2. The van der Waals surface area contributed by atoms with E-state index in [0.29, 0.717) is 13.2 Å². The molecule has 0 saturated carbocycles. The number of anilines is 2. The van der Waals surface area contributed by atoms with Crippen molar-refractivity contribution in [2.75, 3.05) is 55.4 Å². The lowest BCUT2D eigenvalue weighted by molar-refractivity contribution is -0.384. The van der Waals surface area contributed by atoms with Crippen molar-refractivity contribution in [3.63, 3.8) is 0 Å². The minimum absolute atomic E-state index is 0.0841. The van der Waals surface area contributed by atoms with Crippen LogP contribution in [0.3, 0.4) is 0 Å². The minimum atomic E-state index is -3.93. The van der Waals surface area contributed by atoms with Crippen molar-refractivity contribution in [1.82, 2.24) is 5.32 Å². The molecule has 1 heterocycles. The zero-order valence-electron chi connectivity index (χ0n) is 18.4. The Morgan fingerprint density at radius 2 is 1.88 bits per heavy atom. The van der Waals surface area contributed by atoms with Gasteiger partial charge in [-0.1, -0.05) is 12.1 Å². The molecule has 1 fully saturated rings. The van der Waals surface area contributed by atoms with E-state index in [-0.39, 0.29) is 23.7 Å². The van der Waals surface area contributed by atoms with Crippen LogP contribution in [0.2, 0.25) is 0 Å². The number of non-ortho nitro benzene ring substituents is 1. The standard InChI is InChI=1S/C21H26N4O7S/c1-31-20-8-7-18(25(27)28)13-19(20)24(33(2,29)30)15-21(26)22-14-16-3-5-17(6-4-16)23-9-11-32-12-10-23/h3-8,13H,9-12,14-15H2,1-2H3,(H,22,26). The van der Waals surface area contributed by atoms with Gasteiger partial charge in [-0.2, -0.15) is 0 Å². The van der Waals surface area contributed by atoms with E-state index in [0.717, 1.165) is 41.0 Å². The fourth-order valence-electron chi connectivity index (χ4n) is 3.40. The van der Waals surface area contributed by atoms with Crippen LogP contribution in [0.15, 0.2) is 42.5 Å². The third-order valence-corrected chi connectivity index (χ3v) is 6.26. The lowest BCUT2D eigenvalue weighted by atomic mass is 10.2. The molecule has 0 aromatic heterocycles. The lowest BCUT2D eigenvalue weighted by Crippen LogP contribution is -2.40. The molecule has 11 nitrogen and oxygen atoms in total. The molecule has 1 N–H and O–H groups in total. The number of nitrogens with one attached hydrogen (secondary N) is 1. The first-order valence-corrected chi connectivity index (χ1v) is 12.0. The predicted molar refractivity (Wildman–Crippen MR) is 123 cm³/mol. The van der Waals surface area contributed by atoms with Crippen LogP contribution in [-0.2, 0) is 26.1 Å². The molecule has 2 aromatic carbocycles. The molecule has 0 spiro atoms. The monoisotopic (exact) mass is 478 g/mol. The van der Waals surface area contributed by atoms with Crippen LogP contribution in [0.4, 0.5) is 17.1 Å². The first-order chi connectivity index (χ1) is 15.7. The maximum Gasteiger partial charge on any atom is 0.271 e. The number of ether oxygens (including phenoxy) is 2. The number of hydrogen-bond donors (Lipinski definition) is 1. The highest BCUT2D eigenvalue weighted by molar-refractivity contribution is 7.92. The highest BCUT2D eigenvalue weighted by Gasteiger charge is 2.26. The maximum absolute atomic E-state index is 12.6. The largest absolute Gasteiger partial charge is 0.495 e. The van der Waals surface area contributed by atoms with Crippen LogP contribution in [0.1, 0.15) is 5.56 Å². The molecule has 2 aromatic rings. The molecule has 33 heavy (non-hydrogen) atoms. The minimum Gasteiger partial charge on any atom is -0.495 e. The highest BCUT2D eigenvalue weighted by Crippen LogP contribution is 2.33. The lowest BCUT2D eigenvalue weighted by Gasteiger charge is -2.29. The molecular formula is C21H26N4O7S. The summed E-state index contributed by atoms with van der Waals surface area (Å²) in [5, 5.41) is 13.8. The zero-order chi connectivity index (χ0) is 24.0. The fourth-order valence-corrected chi connectivity index (χ4v) is 4.25. The van der Waals surface area contributed by atoms with Gasteiger partial charge in [0.2, 0.25) is 15.9 Å². The molecule has 0 atom stereocenters. The summed E-state index contributed by atoms with van der Waals surface area (Å²) in [6, 6.07) is 11.3. The van der Waals surface area contributed by atoms with Crippen molar-refractivity contribution in [2.24, 2.45) is 0 Å². The SMILES string of the molecule is COc1ccc([N+](=O)[O-])cc1N(CC(=O)NCc1ccc(N2CCOCC2)cc1)S(C)(=O)=O. The van der Waals surface area contributed by atoms with E-state index in [9.17, 15) is 23.3 Å². The van der Waals surface area contributed by atoms with E-state index in [4.69, 9.17) is 9.47 Å². The van der Waals surface area contributed by atoms with Gasteiger partial charge in [0.15, 0.2) is 0 Å². The van der Waals surface area contributed by atoms with Crippen molar-refractivity contribution in [2.45, 2.75) is 6.54 Å². The summed E-state index contributed by atoms with van der Waals surface area (Å²) in [6.07, 6.45) is 0.920. The number of amides is 1. The van der Waals surface area contributed by atoms with Gasteiger partial charge in [0.25, 0.3) is 5.69 Å². The molecule has 0 unspecified atom stereocenters. The van der Waals surface area contributed by atoms with Crippen LogP contribution in [0.5, 0.6) is 5.75 Å². The number of sulfonamides is 1. The van der Waals surface area contributed by atoms with Crippen LogP contribution >= 0.6 is 0 Å². The number of hydrogen-bond acceptors (Lipinski definition) is 8. The number of benzene rings is 2. The molecule has 178 valence electrons. The Kier molecular flexibility index (Phi) is 7.71. The molecule has 0 radical (unpaired) electrons. The van der Waals surface area contributed by atoms with E-state index in [2.05, 4.69) is 10.2 Å². The number of carbonyl (C=O) groups excluding carboxylic acids is 1. The van der Waals surface area contributed by atoms with E-state index in [1.807, 2.05) is 24.3 Å². The summed E-state index contributed by atoms with van der Waals surface area (Å²) < 4.78 is 36.1. The van der Waals surface area contributed by atoms with Gasteiger partial charge in [-0.15, -0.1) is 0 Å². The summed E-state index contributed by atoms with van der Waals surface area (Å²) in [4.78, 5) is 25.3. The number of nitro groups is 1. The summed E-state index contributed by atoms with van der Waals surface area (Å²) in [5.74, 6) is -0.469. The second-order valence-electron chi connectivity index (χ2n) is 7.43. The summed E-state index contributed by atoms with van der Waals surface area (Å²) >= 11 is 0. The second-order valence-corrected chi connectivity index (χ2v) is 9.33. The van der Waals surface area contributed by atoms with Gasteiger partial charge in [-0.3, -0.25) is 19.2 Å². The Morgan fingerprint density at radius 3 is 2.45 bits per heavy atom.